The minimum atomic E-state index is -0.302. The molecule has 0 unspecified atom stereocenters. The van der Waals surface area contributed by atoms with Crippen molar-refractivity contribution in [3.63, 3.8) is 0 Å². The zero-order valence-electron chi connectivity index (χ0n) is 11.8. The molecule has 104 valence electrons. The van der Waals surface area contributed by atoms with Crippen molar-refractivity contribution in [2.75, 3.05) is 13.1 Å². The van der Waals surface area contributed by atoms with E-state index in [1.165, 1.54) is 19.3 Å². The van der Waals surface area contributed by atoms with Gasteiger partial charge >= 0.3 is 6.09 Å². The second kappa shape index (κ2) is 7.39. The van der Waals surface area contributed by atoms with Crippen molar-refractivity contribution in [2.24, 2.45) is 4.99 Å². The zero-order chi connectivity index (χ0) is 13.4. The lowest BCUT2D eigenvalue weighted by Gasteiger charge is -2.50. The van der Waals surface area contributed by atoms with E-state index in [9.17, 15) is 4.79 Å². The van der Waals surface area contributed by atoms with Gasteiger partial charge < -0.3 is 9.73 Å². The van der Waals surface area contributed by atoms with Gasteiger partial charge in [0.1, 0.15) is 0 Å². The standard InChI is InChI=1S/C14H26N2O2/c1-4-14(5-2)16(13(17)18-14)12-10-8-6-7-9-11-15-3/h3-12H2,1-2H3. The van der Waals surface area contributed by atoms with E-state index in [0.29, 0.717) is 0 Å². The molecule has 1 saturated heterocycles. The average molecular weight is 254 g/mol. The fourth-order valence-electron chi connectivity index (χ4n) is 2.49. The normalized spacial score (nSPS) is 17.2. The molecule has 4 heteroatoms. The number of aliphatic imine (C=N–C) groups is 1. The number of amides is 1. The molecule has 0 bridgehead atoms. The number of carbonyl (C=O) groups excluding carboxylic acids is 1. The Balaban J connectivity index is 2.14. The number of nitrogens with zero attached hydrogens (tertiary/aromatic N) is 2. The minimum absolute atomic E-state index is 0.144. The fourth-order valence-corrected chi connectivity index (χ4v) is 2.49. The molecule has 0 spiro atoms. The van der Waals surface area contributed by atoms with Crippen molar-refractivity contribution < 1.29 is 9.53 Å². The maximum absolute atomic E-state index is 11.5. The molecule has 0 atom stereocenters. The Morgan fingerprint density at radius 2 is 1.78 bits per heavy atom. The molecule has 4 nitrogen and oxygen atoms in total. The lowest BCUT2D eigenvalue weighted by Crippen LogP contribution is -2.64. The van der Waals surface area contributed by atoms with Gasteiger partial charge in [0.15, 0.2) is 5.72 Å². The van der Waals surface area contributed by atoms with Crippen molar-refractivity contribution >= 4 is 12.8 Å². The van der Waals surface area contributed by atoms with E-state index in [0.717, 1.165) is 38.8 Å². The third-order valence-electron chi connectivity index (χ3n) is 3.79. The molecular weight excluding hydrogens is 228 g/mol. The SMILES string of the molecule is C=NCCCCCCCN1C(=O)OC1(CC)CC. The number of carbonyl (C=O) groups is 1. The van der Waals surface area contributed by atoms with Crippen molar-refractivity contribution in [1.29, 1.82) is 0 Å². The number of ether oxygens (including phenoxy) is 1. The molecule has 1 rings (SSSR count). The van der Waals surface area contributed by atoms with Gasteiger partial charge in [0, 0.05) is 25.9 Å². The summed E-state index contributed by atoms with van der Waals surface area (Å²) in [5, 5.41) is 0. The molecule has 1 fully saturated rings. The van der Waals surface area contributed by atoms with Crippen molar-refractivity contribution in [3.8, 4) is 0 Å². The Labute approximate surface area is 110 Å². The summed E-state index contributed by atoms with van der Waals surface area (Å²) in [5.74, 6) is 0. The number of unbranched alkanes of at least 4 members (excludes halogenated alkanes) is 4. The maximum Gasteiger partial charge on any atom is 0.415 e. The van der Waals surface area contributed by atoms with E-state index in [-0.39, 0.29) is 11.8 Å². The average Bonchev–Trinajstić information content (AvgIpc) is 2.38. The van der Waals surface area contributed by atoms with E-state index in [1.807, 2.05) is 4.90 Å². The Kier molecular flexibility index (Phi) is 6.16. The largest absolute Gasteiger partial charge is 0.422 e. The van der Waals surface area contributed by atoms with Crippen LogP contribution >= 0.6 is 0 Å². The van der Waals surface area contributed by atoms with Crippen LogP contribution in [0, 0.1) is 0 Å². The van der Waals surface area contributed by atoms with Crippen LogP contribution in [0.15, 0.2) is 4.99 Å². The molecule has 0 saturated carbocycles. The summed E-state index contributed by atoms with van der Waals surface area (Å²) in [4.78, 5) is 17.2. The molecule has 18 heavy (non-hydrogen) atoms. The summed E-state index contributed by atoms with van der Waals surface area (Å²) in [6.07, 6.45) is 7.39. The van der Waals surface area contributed by atoms with Gasteiger partial charge in [-0.3, -0.25) is 4.90 Å². The van der Waals surface area contributed by atoms with E-state index in [2.05, 4.69) is 25.6 Å². The van der Waals surface area contributed by atoms with Gasteiger partial charge in [-0.1, -0.05) is 33.1 Å². The highest BCUT2D eigenvalue weighted by Crippen LogP contribution is 2.35. The highest BCUT2D eigenvalue weighted by atomic mass is 16.6. The first-order chi connectivity index (χ1) is 8.70. The first kappa shape index (κ1) is 15.0. The molecule has 0 radical (unpaired) electrons. The van der Waals surface area contributed by atoms with Crippen LogP contribution in [-0.4, -0.2) is 36.5 Å². The Hall–Kier alpha value is -1.06. The molecule has 0 aromatic rings. The maximum atomic E-state index is 11.5. The van der Waals surface area contributed by atoms with Gasteiger partial charge in [-0.05, 0) is 19.6 Å². The smallest absolute Gasteiger partial charge is 0.415 e. The van der Waals surface area contributed by atoms with Crippen molar-refractivity contribution in [2.45, 2.75) is 64.5 Å². The predicted octanol–water partition coefficient (Wildman–Crippen LogP) is 3.61. The minimum Gasteiger partial charge on any atom is -0.422 e. The Morgan fingerprint density at radius 3 is 2.33 bits per heavy atom. The molecule has 0 aromatic carbocycles. The number of cyclic esters (lactones) is 1. The van der Waals surface area contributed by atoms with Crippen LogP contribution in [0.4, 0.5) is 4.79 Å². The van der Waals surface area contributed by atoms with Gasteiger partial charge in [-0.15, -0.1) is 0 Å². The van der Waals surface area contributed by atoms with Crippen molar-refractivity contribution in [3.05, 3.63) is 0 Å². The second-order valence-corrected chi connectivity index (χ2v) is 4.89. The number of hydrogen-bond donors (Lipinski definition) is 0. The quantitative estimate of drug-likeness (QED) is 0.441. The molecule has 0 aromatic heterocycles. The van der Waals surface area contributed by atoms with Gasteiger partial charge in [0.05, 0.1) is 0 Å². The van der Waals surface area contributed by atoms with Crippen LogP contribution in [0.2, 0.25) is 0 Å². The monoisotopic (exact) mass is 254 g/mol. The molecule has 0 aliphatic carbocycles. The summed E-state index contributed by atoms with van der Waals surface area (Å²) in [5.41, 5.74) is -0.302. The fraction of sp³-hybridized carbons (Fsp3) is 0.857. The van der Waals surface area contributed by atoms with Crippen LogP contribution in [0.1, 0.15) is 58.8 Å². The topological polar surface area (TPSA) is 41.9 Å². The highest BCUT2D eigenvalue weighted by Gasteiger charge is 2.50. The van der Waals surface area contributed by atoms with Gasteiger partial charge in [0.25, 0.3) is 0 Å². The zero-order valence-corrected chi connectivity index (χ0v) is 11.8. The molecule has 1 aliphatic rings. The van der Waals surface area contributed by atoms with Gasteiger partial charge in [0.2, 0.25) is 0 Å². The second-order valence-electron chi connectivity index (χ2n) is 4.89. The van der Waals surface area contributed by atoms with Crippen LogP contribution in [0.25, 0.3) is 0 Å². The lowest BCUT2D eigenvalue weighted by atomic mass is 10.0. The van der Waals surface area contributed by atoms with Crippen LogP contribution in [-0.2, 0) is 4.74 Å². The lowest BCUT2D eigenvalue weighted by molar-refractivity contribution is -0.189. The molecular formula is C14H26N2O2. The first-order valence-corrected chi connectivity index (χ1v) is 7.13. The molecule has 1 heterocycles. The Bertz CT molecular complexity index is 275. The van der Waals surface area contributed by atoms with E-state index < -0.39 is 0 Å². The first-order valence-electron chi connectivity index (χ1n) is 7.13. The van der Waals surface area contributed by atoms with Gasteiger partial charge in [-0.25, -0.2) is 4.79 Å². The van der Waals surface area contributed by atoms with Gasteiger partial charge in [-0.2, -0.15) is 0 Å². The number of hydrogen-bond acceptors (Lipinski definition) is 3. The predicted molar refractivity (Wildman–Crippen MR) is 74.0 cm³/mol. The van der Waals surface area contributed by atoms with E-state index >= 15 is 0 Å². The molecule has 1 aliphatic heterocycles. The summed E-state index contributed by atoms with van der Waals surface area (Å²) in [6, 6.07) is 0. The summed E-state index contributed by atoms with van der Waals surface area (Å²) < 4.78 is 5.32. The van der Waals surface area contributed by atoms with E-state index in [4.69, 9.17) is 4.74 Å². The third kappa shape index (κ3) is 3.47. The van der Waals surface area contributed by atoms with Crippen molar-refractivity contribution in [1.82, 2.24) is 4.90 Å². The highest BCUT2D eigenvalue weighted by molar-refractivity contribution is 5.74. The van der Waals surface area contributed by atoms with Crippen LogP contribution < -0.4 is 0 Å². The summed E-state index contributed by atoms with van der Waals surface area (Å²) >= 11 is 0. The summed E-state index contributed by atoms with van der Waals surface area (Å²) in [7, 11) is 0. The number of rotatable bonds is 10. The summed E-state index contributed by atoms with van der Waals surface area (Å²) in [6.45, 7) is 9.32. The van der Waals surface area contributed by atoms with E-state index in [1.54, 1.807) is 0 Å². The third-order valence-corrected chi connectivity index (χ3v) is 3.79. The molecule has 1 amide bonds. The Morgan fingerprint density at radius 1 is 1.17 bits per heavy atom. The van der Waals surface area contributed by atoms with Crippen LogP contribution in [0.5, 0.6) is 0 Å². The van der Waals surface area contributed by atoms with Crippen LogP contribution in [0.3, 0.4) is 0 Å². The molecule has 0 N–H and O–H groups in total.